The summed E-state index contributed by atoms with van der Waals surface area (Å²) in [6.07, 6.45) is 2.29. The number of benzene rings is 1. The van der Waals surface area contributed by atoms with Crippen LogP contribution in [0.25, 0.3) is 0 Å². The van der Waals surface area contributed by atoms with Crippen LogP contribution in [0, 0.1) is 5.82 Å². The summed E-state index contributed by atoms with van der Waals surface area (Å²) in [5, 5.41) is 0. The Morgan fingerprint density at radius 3 is 2.81 bits per heavy atom. The average molecular weight is 354 g/mol. The van der Waals surface area contributed by atoms with Gasteiger partial charge in [0.1, 0.15) is 5.75 Å². The standard InChI is InChI=1S/C15H17BrFN3O/c1-21-14-6-3-2-5-13(14)20(8-4-7-18)15-12(17)9-11(16)10-19-15/h2-3,5-6,9-10H,4,7-8,18H2,1H3. The Balaban J connectivity index is 2.47. The number of hydrogen-bond acceptors (Lipinski definition) is 4. The minimum atomic E-state index is -0.396. The van der Waals surface area contributed by atoms with Gasteiger partial charge in [0.05, 0.1) is 12.8 Å². The molecular weight excluding hydrogens is 337 g/mol. The van der Waals surface area contributed by atoms with Crippen molar-refractivity contribution in [1.82, 2.24) is 4.98 Å². The Hall–Kier alpha value is -1.66. The van der Waals surface area contributed by atoms with Gasteiger partial charge in [-0.25, -0.2) is 9.37 Å². The maximum Gasteiger partial charge on any atom is 0.169 e. The fourth-order valence-corrected chi connectivity index (χ4v) is 2.35. The highest BCUT2D eigenvalue weighted by atomic mass is 79.9. The van der Waals surface area contributed by atoms with Crippen molar-refractivity contribution < 1.29 is 9.13 Å². The molecule has 0 aliphatic rings. The Morgan fingerprint density at radius 2 is 2.14 bits per heavy atom. The van der Waals surface area contributed by atoms with E-state index in [0.29, 0.717) is 23.3 Å². The third-order valence-corrected chi connectivity index (χ3v) is 3.44. The number of hydrogen-bond donors (Lipinski definition) is 1. The van der Waals surface area contributed by atoms with Crippen LogP contribution in [0.2, 0.25) is 0 Å². The number of rotatable bonds is 6. The van der Waals surface area contributed by atoms with Gasteiger partial charge >= 0.3 is 0 Å². The van der Waals surface area contributed by atoms with Gasteiger partial charge < -0.3 is 15.4 Å². The van der Waals surface area contributed by atoms with Crippen LogP contribution in [0.4, 0.5) is 15.9 Å². The molecule has 2 aromatic rings. The molecular formula is C15H17BrFN3O. The van der Waals surface area contributed by atoms with Crippen LogP contribution in [-0.4, -0.2) is 25.2 Å². The first-order chi connectivity index (χ1) is 10.2. The summed E-state index contributed by atoms with van der Waals surface area (Å²) in [4.78, 5) is 5.98. The Labute approximate surface area is 131 Å². The smallest absolute Gasteiger partial charge is 0.169 e. The van der Waals surface area contributed by atoms with Crippen molar-refractivity contribution in [1.29, 1.82) is 0 Å². The van der Waals surface area contributed by atoms with E-state index in [9.17, 15) is 4.39 Å². The van der Waals surface area contributed by atoms with E-state index in [1.165, 1.54) is 6.07 Å². The minimum Gasteiger partial charge on any atom is -0.495 e. The molecule has 0 spiro atoms. The number of nitrogens with zero attached hydrogens (tertiary/aromatic N) is 2. The van der Waals surface area contributed by atoms with E-state index in [1.54, 1.807) is 18.2 Å². The lowest BCUT2D eigenvalue weighted by atomic mass is 10.2. The molecule has 0 aliphatic heterocycles. The third kappa shape index (κ3) is 3.71. The van der Waals surface area contributed by atoms with E-state index >= 15 is 0 Å². The van der Waals surface area contributed by atoms with Crippen molar-refractivity contribution in [3.8, 4) is 5.75 Å². The van der Waals surface area contributed by atoms with E-state index in [4.69, 9.17) is 10.5 Å². The van der Waals surface area contributed by atoms with Gasteiger partial charge in [0, 0.05) is 17.2 Å². The number of aromatic nitrogens is 1. The third-order valence-electron chi connectivity index (χ3n) is 3.01. The first kappa shape index (κ1) is 15.7. The summed E-state index contributed by atoms with van der Waals surface area (Å²) >= 11 is 3.22. The predicted octanol–water partition coefficient (Wildman–Crippen LogP) is 3.48. The molecule has 0 saturated heterocycles. The first-order valence-corrected chi connectivity index (χ1v) is 7.38. The number of halogens is 2. The van der Waals surface area contributed by atoms with Gasteiger partial charge in [-0.15, -0.1) is 0 Å². The molecule has 0 unspecified atom stereocenters. The predicted molar refractivity (Wildman–Crippen MR) is 85.6 cm³/mol. The van der Waals surface area contributed by atoms with E-state index in [1.807, 2.05) is 24.3 Å². The van der Waals surface area contributed by atoms with Crippen molar-refractivity contribution in [2.45, 2.75) is 6.42 Å². The molecule has 1 heterocycles. The van der Waals surface area contributed by atoms with Gasteiger partial charge in [-0.2, -0.15) is 0 Å². The second kappa shape index (κ2) is 7.38. The van der Waals surface area contributed by atoms with Crippen LogP contribution in [0.3, 0.4) is 0 Å². The number of nitrogens with two attached hydrogens (primary N) is 1. The van der Waals surface area contributed by atoms with Crippen molar-refractivity contribution in [2.75, 3.05) is 25.1 Å². The minimum absolute atomic E-state index is 0.260. The summed E-state index contributed by atoms with van der Waals surface area (Å²) in [5.41, 5.74) is 6.35. The molecule has 21 heavy (non-hydrogen) atoms. The summed E-state index contributed by atoms with van der Waals surface area (Å²) in [6.45, 7) is 1.08. The van der Waals surface area contributed by atoms with E-state index in [0.717, 1.165) is 12.1 Å². The first-order valence-electron chi connectivity index (χ1n) is 6.59. The van der Waals surface area contributed by atoms with Gasteiger partial charge in [0.2, 0.25) is 0 Å². The lowest BCUT2D eigenvalue weighted by Crippen LogP contribution is -2.23. The van der Waals surface area contributed by atoms with Crippen LogP contribution in [0.5, 0.6) is 5.75 Å². The number of ether oxygens (including phenoxy) is 1. The van der Waals surface area contributed by atoms with Crippen molar-refractivity contribution >= 4 is 27.4 Å². The molecule has 1 aromatic carbocycles. The molecule has 0 atom stereocenters. The summed E-state index contributed by atoms with van der Waals surface area (Å²) in [5.74, 6) is 0.530. The SMILES string of the molecule is COc1ccccc1N(CCCN)c1ncc(Br)cc1F. The second-order valence-corrected chi connectivity index (χ2v) is 5.34. The van der Waals surface area contributed by atoms with Crippen LogP contribution < -0.4 is 15.4 Å². The molecule has 112 valence electrons. The molecule has 4 nitrogen and oxygen atoms in total. The molecule has 0 amide bonds. The monoisotopic (exact) mass is 353 g/mol. The normalized spacial score (nSPS) is 10.5. The largest absolute Gasteiger partial charge is 0.495 e. The zero-order chi connectivity index (χ0) is 15.2. The quantitative estimate of drug-likeness (QED) is 0.863. The topological polar surface area (TPSA) is 51.4 Å². The Morgan fingerprint density at radius 1 is 1.38 bits per heavy atom. The zero-order valence-electron chi connectivity index (χ0n) is 11.7. The maximum atomic E-state index is 14.2. The van der Waals surface area contributed by atoms with Crippen molar-refractivity contribution in [3.63, 3.8) is 0 Å². The molecule has 0 bridgehead atoms. The van der Waals surface area contributed by atoms with Crippen LogP contribution in [0.1, 0.15) is 6.42 Å². The van der Waals surface area contributed by atoms with E-state index in [-0.39, 0.29) is 5.82 Å². The number of anilines is 2. The molecule has 1 aromatic heterocycles. The fraction of sp³-hybridized carbons (Fsp3) is 0.267. The highest BCUT2D eigenvalue weighted by molar-refractivity contribution is 9.10. The molecule has 0 radical (unpaired) electrons. The molecule has 0 fully saturated rings. The van der Waals surface area contributed by atoms with E-state index in [2.05, 4.69) is 20.9 Å². The number of pyridine rings is 1. The van der Waals surface area contributed by atoms with Crippen molar-refractivity contribution in [2.24, 2.45) is 5.73 Å². The summed E-state index contributed by atoms with van der Waals surface area (Å²) in [7, 11) is 1.59. The van der Waals surface area contributed by atoms with Crippen molar-refractivity contribution in [3.05, 3.63) is 46.8 Å². The number of para-hydroxylation sites is 2. The molecule has 2 rings (SSSR count). The highest BCUT2D eigenvalue weighted by Crippen LogP contribution is 2.34. The Bertz CT molecular complexity index is 609. The fourth-order valence-electron chi connectivity index (χ4n) is 2.05. The van der Waals surface area contributed by atoms with Gasteiger partial charge in [-0.1, -0.05) is 12.1 Å². The lowest BCUT2D eigenvalue weighted by molar-refractivity contribution is 0.415. The summed E-state index contributed by atoms with van der Waals surface area (Å²) < 4.78 is 20.2. The van der Waals surface area contributed by atoms with Crippen LogP contribution >= 0.6 is 15.9 Å². The average Bonchev–Trinajstić information content (AvgIpc) is 2.49. The second-order valence-electron chi connectivity index (χ2n) is 4.42. The summed E-state index contributed by atoms with van der Waals surface area (Å²) in [6, 6.07) is 8.85. The molecule has 0 saturated carbocycles. The highest BCUT2D eigenvalue weighted by Gasteiger charge is 2.18. The molecule has 6 heteroatoms. The maximum absolute atomic E-state index is 14.2. The van der Waals surface area contributed by atoms with Gasteiger partial charge in [-0.3, -0.25) is 0 Å². The Kier molecular flexibility index (Phi) is 5.52. The van der Waals surface area contributed by atoms with Crippen LogP contribution in [-0.2, 0) is 0 Å². The van der Waals surface area contributed by atoms with E-state index < -0.39 is 5.82 Å². The van der Waals surface area contributed by atoms with Gasteiger partial charge in [-0.05, 0) is 47.1 Å². The van der Waals surface area contributed by atoms with Gasteiger partial charge in [0.15, 0.2) is 11.6 Å². The molecule has 0 aliphatic carbocycles. The van der Waals surface area contributed by atoms with Crippen LogP contribution in [0.15, 0.2) is 41.0 Å². The molecule has 2 N–H and O–H groups in total. The van der Waals surface area contributed by atoms with Gasteiger partial charge in [0.25, 0.3) is 0 Å². The zero-order valence-corrected chi connectivity index (χ0v) is 13.3. The lowest BCUT2D eigenvalue weighted by Gasteiger charge is -2.25. The number of methoxy groups -OCH3 is 1.